The minimum Gasteiger partial charge on any atom is -0.336 e. The van der Waals surface area contributed by atoms with Gasteiger partial charge < -0.3 is 4.90 Å². The third kappa shape index (κ3) is 2.97. The molecule has 1 aromatic heterocycles. The summed E-state index contributed by atoms with van der Waals surface area (Å²) >= 11 is 1.49. The Balaban J connectivity index is 1.65. The second-order valence-electron chi connectivity index (χ2n) is 7.55. The van der Waals surface area contributed by atoms with E-state index < -0.39 is 0 Å². The average Bonchev–Trinajstić information content (AvgIpc) is 3.39. The van der Waals surface area contributed by atoms with Crippen LogP contribution in [0.5, 0.6) is 0 Å². The number of benzene rings is 2. The molecule has 0 spiro atoms. The number of aryl methyl sites for hydroxylation is 2. The summed E-state index contributed by atoms with van der Waals surface area (Å²) in [6, 6.07) is 19.7. The van der Waals surface area contributed by atoms with Gasteiger partial charge in [-0.25, -0.2) is 4.90 Å². The number of para-hydroxylation sites is 1. The summed E-state index contributed by atoms with van der Waals surface area (Å²) < 4.78 is 0. The van der Waals surface area contributed by atoms with Crippen molar-refractivity contribution in [2.24, 2.45) is 0 Å². The second-order valence-corrected chi connectivity index (χ2v) is 8.50. The Morgan fingerprint density at radius 2 is 1.73 bits per heavy atom. The van der Waals surface area contributed by atoms with E-state index in [9.17, 15) is 9.59 Å². The lowest BCUT2D eigenvalue weighted by molar-refractivity contribution is -0.120. The summed E-state index contributed by atoms with van der Waals surface area (Å²) in [5, 5.41) is 1.95. The molecule has 30 heavy (non-hydrogen) atoms. The number of fused-ring (bicyclic) bond motifs is 1. The summed E-state index contributed by atoms with van der Waals surface area (Å²) in [4.78, 5) is 31.5. The van der Waals surface area contributed by atoms with E-state index in [1.807, 2.05) is 60.0 Å². The molecule has 2 aliphatic rings. The van der Waals surface area contributed by atoms with Crippen LogP contribution in [0, 0.1) is 0 Å². The fourth-order valence-electron chi connectivity index (χ4n) is 4.29. The van der Waals surface area contributed by atoms with Crippen LogP contribution in [-0.4, -0.2) is 18.4 Å². The molecule has 4 nitrogen and oxygen atoms in total. The highest BCUT2D eigenvalue weighted by molar-refractivity contribution is 7.11. The van der Waals surface area contributed by atoms with E-state index in [1.54, 1.807) is 0 Å². The van der Waals surface area contributed by atoms with Crippen LogP contribution in [0.25, 0.3) is 5.57 Å². The van der Waals surface area contributed by atoms with Gasteiger partial charge >= 0.3 is 0 Å². The highest BCUT2D eigenvalue weighted by Gasteiger charge is 2.43. The molecule has 2 aromatic carbocycles. The van der Waals surface area contributed by atoms with Crippen molar-refractivity contribution in [3.05, 3.63) is 87.7 Å². The van der Waals surface area contributed by atoms with Crippen molar-refractivity contribution in [1.29, 1.82) is 0 Å². The van der Waals surface area contributed by atoms with Gasteiger partial charge in [0.2, 0.25) is 0 Å². The van der Waals surface area contributed by atoms with Crippen molar-refractivity contribution in [2.75, 3.05) is 16.3 Å². The first-order valence-corrected chi connectivity index (χ1v) is 11.2. The highest BCUT2D eigenvalue weighted by atomic mass is 32.1. The van der Waals surface area contributed by atoms with Crippen LogP contribution in [0.4, 0.5) is 11.4 Å². The summed E-state index contributed by atoms with van der Waals surface area (Å²) in [5.41, 5.74) is 5.04. The van der Waals surface area contributed by atoms with Crippen LogP contribution in [0.2, 0.25) is 0 Å². The molecule has 2 amide bonds. The molecule has 0 saturated heterocycles. The molecule has 5 heteroatoms. The number of imide groups is 1. The average molecular weight is 415 g/mol. The molecule has 0 fully saturated rings. The lowest BCUT2D eigenvalue weighted by atomic mass is 10.00. The van der Waals surface area contributed by atoms with Crippen LogP contribution >= 0.6 is 11.3 Å². The molecule has 150 valence electrons. The predicted molar refractivity (Wildman–Crippen MR) is 122 cm³/mol. The van der Waals surface area contributed by atoms with E-state index in [4.69, 9.17) is 0 Å². The molecular formula is C25H22N2O2S. The van der Waals surface area contributed by atoms with Crippen LogP contribution in [0.3, 0.4) is 0 Å². The lowest BCUT2D eigenvalue weighted by Crippen LogP contribution is -2.37. The molecule has 0 saturated carbocycles. The third-order valence-electron chi connectivity index (χ3n) is 5.81. The minimum atomic E-state index is -0.246. The summed E-state index contributed by atoms with van der Waals surface area (Å²) in [5.74, 6) is -0.492. The van der Waals surface area contributed by atoms with Gasteiger partial charge in [-0.05, 0) is 60.0 Å². The number of nitrogens with zero attached hydrogens (tertiary/aromatic N) is 2. The lowest BCUT2D eigenvalue weighted by Gasteiger charge is -2.32. The Morgan fingerprint density at radius 1 is 0.933 bits per heavy atom. The Morgan fingerprint density at radius 3 is 2.47 bits per heavy atom. The fourth-order valence-corrected chi connectivity index (χ4v) is 5.06. The standard InChI is InChI=1S/C25H22N2O2S/c1-2-17-11-13-19(14-12-17)27-24(28)22(21-10-6-16-30-21)23(25(27)29)26-15-5-8-18-7-3-4-9-20(18)26/h3-4,6-7,9-14,16H,2,5,8,15H2,1H3. The number of anilines is 2. The maximum absolute atomic E-state index is 13.7. The van der Waals surface area contributed by atoms with Crippen molar-refractivity contribution >= 4 is 40.1 Å². The number of carbonyl (C=O) groups is 2. The van der Waals surface area contributed by atoms with Crippen LogP contribution in [0.1, 0.15) is 29.3 Å². The van der Waals surface area contributed by atoms with E-state index in [0.29, 0.717) is 17.0 Å². The SMILES string of the molecule is CCc1ccc(N2C(=O)C(c3cccs3)=C(N3CCCc4ccccc43)C2=O)cc1. The Labute approximate surface area is 180 Å². The van der Waals surface area contributed by atoms with Gasteiger partial charge in [0.25, 0.3) is 11.8 Å². The number of hydrogen-bond donors (Lipinski definition) is 0. The van der Waals surface area contributed by atoms with Crippen molar-refractivity contribution in [2.45, 2.75) is 26.2 Å². The van der Waals surface area contributed by atoms with E-state index in [1.165, 1.54) is 27.4 Å². The van der Waals surface area contributed by atoms with Crippen molar-refractivity contribution in [3.63, 3.8) is 0 Å². The topological polar surface area (TPSA) is 40.6 Å². The van der Waals surface area contributed by atoms with Crippen LogP contribution < -0.4 is 9.80 Å². The van der Waals surface area contributed by atoms with Gasteiger partial charge in [0.05, 0.1) is 11.3 Å². The molecule has 0 N–H and O–H groups in total. The highest BCUT2D eigenvalue weighted by Crippen LogP contribution is 2.40. The third-order valence-corrected chi connectivity index (χ3v) is 6.70. The number of rotatable bonds is 4. The molecular weight excluding hydrogens is 392 g/mol. The molecule has 0 aliphatic carbocycles. The largest absolute Gasteiger partial charge is 0.336 e. The van der Waals surface area contributed by atoms with Crippen LogP contribution in [-0.2, 0) is 22.4 Å². The molecule has 0 radical (unpaired) electrons. The molecule has 0 atom stereocenters. The summed E-state index contributed by atoms with van der Waals surface area (Å²) in [6.07, 6.45) is 2.85. The van der Waals surface area contributed by atoms with Crippen molar-refractivity contribution < 1.29 is 9.59 Å². The number of hydrogen-bond acceptors (Lipinski definition) is 4. The van der Waals surface area contributed by atoms with E-state index in [2.05, 4.69) is 17.9 Å². The molecule has 5 rings (SSSR count). The molecule has 2 aliphatic heterocycles. The van der Waals surface area contributed by atoms with Gasteiger partial charge in [-0.15, -0.1) is 11.3 Å². The quantitative estimate of drug-likeness (QED) is 0.561. The maximum Gasteiger partial charge on any atom is 0.282 e. The van der Waals surface area contributed by atoms with Crippen LogP contribution in [0.15, 0.2) is 71.7 Å². The molecule has 3 heterocycles. The van der Waals surface area contributed by atoms with Gasteiger partial charge in [0.15, 0.2) is 0 Å². The van der Waals surface area contributed by atoms with Gasteiger partial charge in [-0.3, -0.25) is 9.59 Å². The maximum atomic E-state index is 13.7. The summed E-state index contributed by atoms with van der Waals surface area (Å²) in [7, 11) is 0. The van der Waals surface area contributed by atoms with Crippen molar-refractivity contribution in [3.8, 4) is 0 Å². The number of amides is 2. The monoisotopic (exact) mass is 414 g/mol. The van der Waals surface area contributed by atoms with Gasteiger partial charge in [-0.1, -0.05) is 43.3 Å². The molecule has 3 aromatic rings. The molecule has 0 bridgehead atoms. The Hall–Kier alpha value is -3.18. The first-order valence-electron chi connectivity index (χ1n) is 10.3. The predicted octanol–water partition coefficient (Wildman–Crippen LogP) is 5.05. The van der Waals surface area contributed by atoms with Gasteiger partial charge in [-0.2, -0.15) is 0 Å². The van der Waals surface area contributed by atoms with E-state index in [-0.39, 0.29) is 11.8 Å². The normalized spacial score (nSPS) is 16.4. The molecule has 0 unspecified atom stereocenters. The fraction of sp³-hybridized carbons (Fsp3) is 0.200. The second kappa shape index (κ2) is 7.58. The number of carbonyl (C=O) groups excluding carboxylic acids is 2. The zero-order chi connectivity index (χ0) is 20.7. The summed E-state index contributed by atoms with van der Waals surface area (Å²) in [6.45, 7) is 2.81. The Kier molecular flexibility index (Phi) is 4.75. The van der Waals surface area contributed by atoms with Crippen molar-refractivity contribution in [1.82, 2.24) is 0 Å². The first kappa shape index (κ1) is 18.8. The first-order chi connectivity index (χ1) is 14.7. The van der Waals surface area contributed by atoms with E-state index >= 15 is 0 Å². The zero-order valence-corrected chi connectivity index (χ0v) is 17.6. The Bertz CT molecular complexity index is 1150. The number of thiophene rings is 1. The zero-order valence-electron chi connectivity index (χ0n) is 16.8. The minimum absolute atomic E-state index is 0.246. The smallest absolute Gasteiger partial charge is 0.282 e. The van der Waals surface area contributed by atoms with E-state index in [0.717, 1.165) is 36.4 Å². The van der Waals surface area contributed by atoms with Gasteiger partial charge in [0, 0.05) is 17.1 Å². The van der Waals surface area contributed by atoms with Gasteiger partial charge in [0.1, 0.15) is 5.70 Å².